The van der Waals surface area contributed by atoms with Crippen LogP contribution >= 0.6 is 0 Å². The molecule has 0 unspecified atom stereocenters. The minimum Gasteiger partial charge on any atom is -0.384 e. The van der Waals surface area contributed by atoms with Crippen LogP contribution < -0.4 is 5.32 Å². The van der Waals surface area contributed by atoms with E-state index in [-0.39, 0.29) is 12.5 Å². The molecule has 1 heterocycles. The molecule has 2 N–H and O–H groups in total. The molecule has 0 bridgehead atoms. The molecule has 0 aliphatic carbocycles. The zero-order valence-corrected chi connectivity index (χ0v) is 11.1. The maximum Gasteiger partial charge on any atom is 0.256 e. The number of nitrogens with one attached hydrogen (secondary N) is 1. The number of anilines is 1. The second-order valence-electron chi connectivity index (χ2n) is 4.22. The highest BCUT2D eigenvalue weighted by atomic mass is 16.2. The number of pyridine rings is 1. The molecule has 1 amide bonds. The topological polar surface area (TPSA) is 62.2 Å². The van der Waals surface area contributed by atoms with Crippen LogP contribution in [-0.2, 0) is 0 Å². The number of benzene rings is 1. The third-order valence-electron chi connectivity index (χ3n) is 2.59. The number of aliphatic hydroxyl groups is 1. The summed E-state index contributed by atoms with van der Waals surface area (Å²) in [6, 6.07) is 10.5. The number of carbonyl (C=O) groups excluding carboxylic acids is 1. The summed E-state index contributed by atoms with van der Waals surface area (Å²) in [6.45, 7) is 1.73. The molecule has 2 aromatic rings. The molecule has 0 saturated carbocycles. The first-order chi connectivity index (χ1) is 9.69. The largest absolute Gasteiger partial charge is 0.384 e. The van der Waals surface area contributed by atoms with Crippen molar-refractivity contribution in [1.29, 1.82) is 0 Å². The van der Waals surface area contributed by atoms with Crippen LogP contribution in [0.2, 0.25) is 0 Å². The summed E-state index contributed by atoms with van der Waals surface area (Å²) in [5, 5.41) is 11.4. The van der Waals surface area contributed by atoms with Gasteiger partial charge in [0.25, 0.3) is 5.91 Å². The van der Waals surface area contributed by atoms with Crippen molar-refractivity contribution in [3.05, 3.63) is 59.3 Å². The van der Waals surface area contributed by atoms with Crippen molar-refractivity contribution in [1.82, 2.24) is 4.98 Å². The lowest BCUT2D eigenvalue weighted by Gasteiger charge is -2.05. The quantitative estimate of drug-likeness (QED) is 0.817. The maximum absolute atomic E-state index is 12.1. The van der Waals surface area contributed by atoms with Crippen LogP contribution in [-0.4, -0.2) is 22.6 Å². The summed E-state index contributed by atoms with van der Waals surface area (Å²) < 4.78 is 0. The lowest BCUT2D eigenvalue weighted by molar-refractivity contribution is 0.102. The van der Waals surface area contributed by atoms with Gasteiger partial charge in [-0.2, -0.15) is 0 Å². The monoisotopic (exact) mass is 266 g/mol. The van der Waals surface area contributed by atoms with E-state index in [1.165, 1.54) is 0 Å². The van der Waals surface area contributed by atoms with E-state index in [1.54, 1.807) is 36.5 Å². The van der Waals surface area contributed by atoms with E-state index in [0.717, 1.165) is 5.56 Å². The highest BCUT2D eigenvalue weighted by molar-refractivity contribution is 6.03. The summed E-state index contributed by atoms with van der Waals surface area (Å²) in [5.74, 6) is 5.58. The number of carbonyl (C=O) groups is 1. The predicted molar refractivity (Wildman–Crippen MR) is 77.3 cm³/mol. The number of hydrogen-bond donors (Lipinski definition) is 2. The smallest absolute Gasteiger partial charge is 0.256 e. The maximum atomic E-state index is 12.1. The first-order valence-electron chi connectivity index (χ1n) is 6.13. The SMILES string of the molecule is Cc1ccc(NC(=O)c2cccc(C#CCO)c2)nc1. The van der Waals surface area contributed by atoms with Crippen LogP contribution in [0.5, 0.6) is 0 Å². The van der Waals surface area contributed by atoms with Gasteiger partial charge in [0.05, 0.1) is 0 Å². The highest BCUT2D eigenvalue weighted by Crippen LogP contribution is 2.09. The summed E-state index contributed by atoms with van der Waals surface area (Å²) in [6.07, 6.45) is 1.69. The molecule has 1 aromatic heterocycles. The lowest BCUT2D eigenvalue weighted by atomic mass is 10.1. The van der Waals surface area contributed by atoms with E-state index in [2.05, 4.69) is 22.1 Å². The molecule has 100 valence electrons. The fourth-order valence-electron chi connectivity index (χ4n) is 1.61. The van der Waals surface area contributed by atoms with Gasteiger partial charge in [-0.15, -0.1) is 0 Å². The van der Waals surface area contributed by atoms with Crippen molar-refractivity contribution in [2.75, 3.05) is 11.9 Å². The van der Waals surface area contributed by atoms with Gasteiger partial charge in [-0.3, -0.25) is 4.79 Å². The van der Waals surface area contributed by atoms with Crippen molar-refractivity contribution in [3.63, 3.8) is 0 Å². The normalized spacial score (nSPS) is 9.50. The number of aryl methyl sites for hydroxylation is 1. The van der Waals surface area contributed by atoms with Crippen molar-refractivity contribution in [3.8, 4) is 11.8 Å². The molecule has 0 radical (unpaired) electrons. The predicted octanol–water partition coefficient (Wildman–Crippen LogP) is 1.99. The van der Waals surface area contributed by atoms with Crippen LogP contribution in [0.1, 0.15) is 21.5 Å². The van der Waals surface area contributed by atoms with Gasteiger partial charge in [0.1, 0.15) is 12.4 Å². The summed E-state index contributed by atoms with van der Waals surface area (Å²) >= 11 is 0. The number of amides is 1. The number of nitrogens with zero attached hydrogens (tertiary/aromatic N) is 1. The zero-order valence-electron chi connectivity index (χ0n) is 11.1. The Morgan fingerprint density at radius 1 is 1.35 bits per heavy atom. The van der Waals surface area contributed by atoms with E-state index < -0.39 is 0 Å². The first kappa shape index (κ1) is 13.8. The number of hydrogen-bond acceptors (Lipinski definition) is 3. The Hall–Kier alpha value is -2.64. The van der Waals surface area contributed by atoms with E-state index in [0.29, 0.717) is 16.9 Å². The minimum atomic E-state index is -0.242. The second-order valence-corrected chi connectivity index (χ2v) is 4.22. The van der Waals surface area contributed by atoms with Gasteiger partial charge < -0.3 is 10.4 Å². The molecule has 4 heteroatoms. The summed E-state index contributed by atoms with van der Waals surface area (Å²) in [5.41, 5.74) is 2.21. The summed E-state index contributed by atoms with van der Waals surface area (Å²) in [4.78, 5) is 16.2. The Kier molecular flexibility index (Phi) is 4.48. The molecule has 20 heavy (non-hydrogen) atoms. The Balaban J connectivity index is 2.14. The number of aliphatic hydroxyl groups excluding tert-OH is 1. The average molecular weight is 266 g/mol. The molecule has 0 aliphatic rings. The fraction of sp³-hybridized carbons (Fsp3) is 0.125. The fourth-order valence-corrected chi connectivity index (χ4v) is 1.61. The van der Waals surface area contributed by atoms with Gasteiger partial charge in [0.15, 0.2) is 0 Å². The molecular weight excluding hydrogens is 252 g/mol. The van der Waals surface area contributed by atoms with E-state index >= 15 is 0 Å². The van der Waals surface area contributed by atoms with Crippen LogP contribution in [0.3, 0.4) is 0 Å². The molecule has 0 spiro atoms. The molecule has 0 fully saturated rings. The van der Waals surface area contributed by atoms with Gasteiger partial charge in [0, 0.05) is 17.3 Å². The highest BCUT2D eigenvalue weighted by Gasteiger charge is 2.06. The van der Waals surface area contributed by atoms with Gasteiger partial charge in [0.2, 0.25) is 0 Å². The third kappa shape index (κ3) is 3.67. The average Bonchev–Trinajstić information content (AvgIpc) is 2.48. The van der Waals surface area contributed by atoms with Crippen molar-refractivity contribution in [2.24, 2.45) is 0 Å². The van der Waals surface area contributed by atoms with Crippen LogP contribution in [0.25, 0.3) is 0 Å². The van der Waals surface area contributed by atoms with Crippen molar-refractivity contribution in [2.45, 2.75) is 6.92 Å². The van der Waals surface area contributed by atoms with Crippen LogP contribution in [0, 0.1) is 18.8 Å². The lowest BCUT2D eigenvalue weighted by Crippen LogP contribution is -2.12. The first-order valence-corrected chi connectivity index (χ1v) is 6.13. The minimum absolute atomic E-state index is 0.205. The van der Waals surface area contributed by atoms with Crippen LogP contribution in [0.4, 0.5) is 5.82 Å². The van der Waals surface area contributed by atoms with Crippen molar-refractivity contribution >= 4 is 11.7 Å². The van der Waals surface area contributed by atoms with Crippen molar-refractivity contribution < 1.29 is 9.90 Å². The van der Waals surface area contributed by atoms with E-state index in [1.807, 2.05) is 13.0 Å². The standard InChI is InChI=1S/C16H14N2O2/c1-12-7-8-15(17-11-12)18-16(20)14-6-2-4-13(10-14)5-3-9-19/h2,4,6-8,10-11,19H,9H2,1H3,(H,17,18,20). The molecule has 0 atom stereocenters. The van der Waals surface area contributed by atoms with E-state index in [9.17, 15) is 4.79 Å². The molecule has 1 aromatic carbocycles. The number of rotatable bonds is 2. The molecule has 0 saturated heterocycles. The van der Waals surface area contributed by atoms with Gasteiger partial charge in [-0.25, -0.2) is 4.98 Å². The Labute approximate surface area is 117 Å². The third-order valence-corrected chi connectivity index (χ3v) is 2.59. The zero-order chi connectivity index (χ0) is 14.4. The second kappa shape index (κ2) is 6.50. The number of aromatic nitrogens is 1. The Morgan fingerprint density at radius 3 is 2.90 bits per heavy atom. The van der Waals surface area contributed by atoms with Gasteiger partial charge >= 0.3 is 0 Å². The van der Waals surface area contributed by atoms with Crippen LogP contribution in [0.15, 0.2) is 42.6 Å². The molecule has 4 nitrogen and oxygen atoms in total. The van der Waals surface area contributed by atoms with Gasteiger partial charge in [-0.1, -0.05) is 24.0 Å². The molecule has 0 aliphatic heterocycles. The van der Waals surface area contributed by atoms with Gasteiger partial charge in [-0.05, 0) is 36.8 Å². The molecule has 2 rings (SSSR count). The Morgan fingerprint density at radius 2 is 2.20 bits per heavy atom. The molecular formula is C16H14N2O2. The van der Waals surface area contributed by atoms with E-state index in [4.69, 9.17) is 5.11 Å². The summed E-state index contributed by atoms with van der Waals surface area (Å²) in [7, 11) is 0. The Bertz CT molecular complexity index is 667.